The van der Waals surface area contributed by atoms with Crippen molar-refractivity contribution in [3.05, 3.63) is 42.0 Å². The highest BCUT2D eigenvalue weighted by Crippen LogP contribution is 2.15. The lowest BCUT2D eigenvalue weighted by molar-refractivity contribution is 0.0762. The highest BCUT2D eigenvalue weighted by Gasteiger charge is 2.14. The Morgan fingerprint density at radius 2 is 1.82 bits per heavy atom. The van der Waals surface area contributed by atoms with Crippen LogP contribution < -0.4 is 0 Å². The molecule has 17 heavy (non-hydrogen) atoms. The average molecular weight is 232 g/mol. The molecule has 0 amide bonds. The van der Waals surface area contributed by atoms with Crippen molar-refractivity contribution in [3.8, 4) is 0 Å². The first kappa shape index (κ1) is 13.7. The molecule has 1 atom stereocenters. The maximum Gasteiger partial charge on any atom is 0.167 e. The SMILES string of the molecule is C=C(C)c1ccc(C(=O)C(C)COCC)cc1. The van der Waals surface area contributed by atoms with Gasteiger partial charge < -0.3 is 4.74 Å². The van der Waals surface area contributed by atoms with Crippen LogP contribution >= 0.6 is 0 Å². The van der Waals surface area contributed by atoms with Crippen molar-refractivity contribution in [1.29, 1.82) is 0 Å². The summed E-state index contributed by atoms with van der Waals surface area (Å²) in [4.78, 5) is 12.0. The van der Waals surface area contributed by atoms with Gasteiger partial charge in [0.1, 0.15) is 0 Å². The van der Waals surface area contributed by atoms with Crippen LogP contribution in [0, 0.1) is 5.92 Å². The molecule has 0 aliphatic heterocycles. The van der Waals surface area contributed by atoms with Gasteiger partial charge in [-0.25, -0.2) is 0 Å². The normalized spacial score (nSPS) is 12.2. The lowest BCUT2D eigenvalue weighted by atomic mass is 9.98. The molecule has 0 aliphatic carbocycles. The molecular weight excluding hydrogens is 212 g/mol. The third kappa shape index (κ3) is 3.82. The number of rotatable bonds is 6. The summed E-state index contributed by atoms with van der Waals surface area (Å²) in [5.74, 6) is 0.0392. The van der Waals surface area contributed by atoms with Crippen LogP contribution in [0.1, 0.15) is 36.7 Å². The summed E-state index contributed by atoms with van der Waals surface area (Å²) in [7, 11) is 0. The molecule has 0 heterocycles. The van der Waals surface area contributed by atoms with E-state index in [1.165, 1.54) is 0 Å². The summed E-state index contributed by atoms with van der Waals surface area (Å²) < 4.78 is 5.26. The van der Waals surface area contributed by atoms with Crippen LogP contribution in [-0.4, -0.2) is 19.0 Å². The van der Waals surface area contributed by atoms with Crippen LogP contribution in [0.5, 0.6) is 0 Å². The van der Waals surface area contributed by atoms with Gasteiger partial charge in [-0.15, -0.1) is 0 Å². The summed E-state index contributed by atoms with van der Waals surface area (Å²) in [5.41, 5.74) is 2.81. The molecule has 0 aliphatic rings. The zero-order valence-electron chi connectivity index (χ0n) is 10.8. The Morgan fingerprint density at radius 3 is 2.29 bits per heavy atom. The zero-order chi connectivity index (χ0) is 12.8. The summed E-state index contributed by atoms with van der Waals surface area (Å²) in [6, 6.07) is 7.58. The molecule has 0 fully saturated rings. The van der Waals surface area contributed by atoms with Crippen LogP contribution in [0.3, 0.4) is 0 Å². The lowest BCUT2D eigenvalue weighted by Gasteiger charge is -2.10. The molecule has 1 aromatic carbocycles. The highest BCUT2D eigenvalue weighted by molar-refractivity contribution is 5.97. The minimum absolute atomic E-state index is 0.0920. The largest absolute Gasteiger partial charge is 0.381 e. The Hall–Kier alpha value is -1.41. The molecule has 92 valence electrons. The van der Waals surface area contributed by atoms with Crippen molar-refractivity contribution in [2.24, 2.45) is 5.92 Å². The third-order valence-electron chi connectivity index (χ3n) is 2.68. The van der Waals surface area contributed by atoms with Crippen LogP contribution in [0.25, 0.3) is 5.57 Å². The van der Waals surface area contributed by atoms with Crippen molar-refractivity contribution in [2.45, 2.75) is 20.8 Å². The van der Waals surface area contributed by atoms with E-state index in [9.17, 15) is 4.79 Å². The fraction of sp³-hybridized carbons (Fsp3) is 0.400. The van der Waals surface area contributed by atoms with E-state index in [0.717, 1.165) is 16.7 Å². The van der Waals surface area contributed by atoms with Crippen molar-refractivity contribution in [1.82, 2.24) is 0 Å². The number of carbonyl (C=O) groups excluding carboxylic acids is 1. The van der Waals surface area contributed by atoms with Gasteiger partial charge in [0, 0.05) is 18.1 Å². The van der Waals surface area contributed by atoms with Gasteiger partial charge in [0.25, 0.3) is 0 Å². The third-order valence-corrected chi connectivity index (χ3v) is 2.68. The maximum absolute atomic E-state index is 12.0. The van der Waals surface area contributed by atoms with E-state index < -0.39 is 0 Å². The summed E-state index contributed by atoms with van der Waals surface area (Å²) in [6.07, 6.45) is 0. The van der Waals surface area contributed by atoms with Crippen molar-refractivity contribution < 1.29 is 9.53 Å². The molecule has 0 aromatic heterocycles. The van der Waals surface area contributed by atoms with E-state index in [1.807, 2.05) is 45.0 Å². The number of ketones is 1. The first-order chi connectivity index (χ1) is 8.06. The standard InChI is InChI=1S/C15H20O2/c1-5-17-10-12(4)15(16)14-8-6-13(7-9-14)11(2)3/h6-9,12H,2,5,10H2,1,3-4H3. The Balaban J connectivity index is 2.72. The van der Waals surface area contributed by atoms with Crippen LogP contribution in [0.2, 0.25) is 0 Å². The number of allylic oxidation sites excluding steroid dienone is 1. The molecule has 0 saturated carbocycles. The first-order valence-electron chi connectivity index (χ1n) is 5.94. The second kappa shape index (κ2) is 6.36. The number of hydrogen-bond acceptors (Lipinski definition) is 2. The number of ether oxygens (including phenoxy) is 1. The quantitative estimate of drug-likeness (QED) is 0.701. The maximum atomic E-state index is 12.0. The van der Waals surface area contributed by atoms with Gasteiger partial charge in [-0.3, -0.25) is 4.79 Å². The predicted octanol–water partition coefficient (Wildman–Crippen LogP) is 3.58. The van der Waals surface area contributed by atoms with Gasteiger partial charge in [-0.1, -0.05) is 43.3 Å². The Labute approximate surface area is 103 Å². The predicted molar refractivity (Wildman–Crippen MR) is 71.1 cm³/mol. The Bertz CT molecular complexity index is 390. The van der Waals surface area contributed by atoms with E-state index in [0.29, 0.717) is 13.2 Å². The lowest BCUT2D eigenvalue weighted by Crippen LogP contribution is -2.17. The molecule has 2 nitrogen and oxygen atoms in total. The molecule has 0 bridgehead atoms. The van der Waals surface area contributed by atoms with Gasteiger partial charge in [0.2, 0.25) is 0 Å². The molecule has 2 heteroatoms. The first-order valence-corrected chi connectivity index (χ1v) is 5.94. The van der Waals surface area contributed by atoms with Crippen molar-refractivity contribution in [3.63, 3.8) is 0 Å². The minimum atomic E-state index is -0.0920. The Kier molecular flexibility index (Phi) is 5.11. The van der Waals surface area contributed by atoms with E-state index >= 15 is 0 Å². The monoisotopic (exact) mass is 232 g/mol. The zero-order valence-corrected chi connectivity index (χ0v) is 10.8. The average Bonchev–Trinajstić information content (AvgIpc) is 2.35. The van der Waals surface area contributed by atoms with Gasteiger partial charge >= 0.3 is 0 Å². The number of carbonyl (C=O) groups is 1. The Morgan fingerprint density at radius 1 is 1.29 bits per heavy atom. The fourth-order valence-corrected chi connectivity index (χ4v) is 1.57. The molecule has 0 saturated heterocycles. The molecule has 0 radical (unpaired) electrons. The van der Waals surface area contributed by atoms with E-state index in [1.54, 1.807) is 0 Å². The fourth-order valence-electron chi connectivity index (χ4n) is 1.57. The van der Waals surface area contributed by atoms with Gasteiger partial charge in [0.05, 0.1) is 6.61 Å². The summed E-state index contributed by atoms with van der Waals surface area (Å²) in [6.45, 7) is 10.8. The van der Waals surface area contributed by atoms with E-state index in [4.69, 9.17) is 4.74 Å². The number of hydrogen-bond donors (Lipinski definition) is 0. The van der Waals surface area contributed by atoms with Crippen molar-refractivity contribution in [2.75, 3.05) is 13.2 Å². The second-order valence-electron chi connectivity index (χ2n) is 4.28. The smallest absolute Gasteiger partial charge is 0.167 e. The molecule has 0 N–H and O–H groups in total. The van der Waals surface area contributed by atoms with Gasteiger partial charge in [0.15, 0.2) is 5.78 Å². The van der Waals surface area contributed by atoms with E-state index in [2.05, 4.69) is 6.58 Å². The van der Waals surface area contributed by atoms with Crippen LogP contribution in [-0.2, 0) is 4.74 Å². The molecular formula is C15H20O2. The summed E-state index contributed by atoms with van der Waals surface area (Å²) >= 11 is 0. The summed E-state index contributed by atoms with van der Waals surface area (Å²) in [5, 5.41) is 0. The number of Topliss-reactive ketones (excluding diaryl/α,β-unsaturated/α-hetero) is 1. The van der Waals surface area contributed by atoms with E-state index in [-0.39, 0.29) is 11.7 Å². The molecule has 1 rings (SSSR count). The van der Waals surface area contributed by atoms with Crippen LogP contribution in [0.4, 0.5) is 0 Å². The second-order valence-corrected chi connectivity index (χ2v) is 4.28. The van der Waals surface area contributed by atoms with Gasteiger partial charge in [-0.2, -0.15) is 0 Å². The highest BCUT2D eigenvalue weighted by atomic mass is 16.5. The minimum Gasteiger partial charge on any atom is -0.381 e. The molecule has 0 spiro atoms. The topological polar surface area (TPSA) is 26.3 Å². The van der Waals surface area contributed by atoms with Crippen LogP contribution in [0.15, 0.2) is 30.8 Å². The van der Waals surface area contributed by atoms with Crippen molar-refractivity contribution >= 4 is 11.4 Å². The number of benzene rings is 1. The van der Waals surface area contributed by atoms with Gasteiger partial charge in [-0.05, 0) is 19.4 Å². The molecule has 1 unspecified atom stereocenters. The molecule has 1 aromatic rings.